The second kappa shape index (κ2) is 9.46. The summed E-state index contributed by atoms with van der Waals surface area (Å²) in [6.07, 6.45) is 1.55. The zero-order valence-electron chi connectivity index (χ0n) is 19.6. The van der Waals surface area contributed by atoms with Crippen LogP contribution in [0.5, 0.6) is 0 Å². The van der Waals surface area contributed by atoms with Crippen LogP contribution in [0.1, 0.15) is 37.6 Å². The molecule has 0 saturated carbocycles. The first-order valence-electron chi connectivity index (χ1n) is 12.0. The Hall–Kier alpha value is -3.40. The highest BCUT2D eigenvalue weighted by molar-refractivity contribution is 5.89. The average Bonchev–Trinajstić information content (AvgIpc) is 2.84. The van der Waals surface area contributed by atoms with E-state index in [0.29, 0.717) is 44.4 Å². The molecule has 3 N–H and O–H groups in total. The molecule has 1 aromatic heterocycles. The summed E-state index contributed by atoms with van der Waals surface area (Å²) < 4.78 is 5.67. The Balaban J connectivity index is 1.54. The quantitative estimate of drug-likeness (QED) is 0.640. The van der Waals surface area contributed by atoms with Gasteiger partial charge in [0.15, 0.2) is 5.82 Å². The molecule has 2 atom stereocenters. The molecule has 0 bridgehead atoms. The number of benzene rings is 1. The van der Waals surface area contributed by atoms with Gasteiger partial charge in [0.1, 0.15) is 5.82 Å². The van der Waals surface area contributed by atoms with Crippen LogP contribution in [0.25, 0.3) is 11.4 Å². The third-order valence-electron chi connectivity index (χ3n) is 6.64. The molecule has 2 aromatic rings. The Morgan fingerprint density at radius 1 is 1.21 bits per heavy atom. The lowest BCUT2D eigenvalue weighted by molar-refractivity contribution is 0.0982. The molecule has 1 unspecified atom stereocenters. The van der Waals surface area contributed by atoms with Crippen LogP contribution in [0, 0.1) is 0 Å². The Morgan fingerprint density at radius 2 is 2.03 bits per heavy atom. The second-order valence-electron chi connectivity index (χ2n) is 8.89. The fourth-order valence-corrected chi connectivity index (χ4v) is 4.94. The van der Waals surface area contributed by atoms with E-state index in [4.69, 9.17) is 14.7 Å². The zero-order valence-corrected chi connectivity index (χ0v) is 19.6. The van der Waals surface area contributed by atoms with Crippen molar-refractivity contribution in [3.8, 4) is 11.4 Å². The van der Waals surface area contributed by atoms with E-state index in [1.807, 2.05) is 36.1 Å². The molecule has 2 saturated heterocycles. The van der Waals surface area contributed by atoms with Crippen LogP contribution in [-0.2, 0) is 11.2 Å². The van der Waals surface area contributed by atoms with Crippen molar-refractivity contribution in [2.75, 3.05) is 49.6 Å². The van der Waals surface area contributed by atoms with Crippen LogP contribution >= 0.6 is 0 Å². The lowest BCUT2D eigenvalue weighted by atomic mass is 9.93. The highest BCUT2D eigenvalue weighted by Gasteiger charge is 2.38. The maximum atomic E-state index is 12.5. The van der Waals surface area contributed by atoms with E-state index >= 15 is 0 Å². The fraction of sp³-hybridized carbons (Fsp3) is 0.500. The monoisotopic (exact) mass is 465 g/mol. The van der Waals surface area contributed by atoms with E-state index in [2.05, 4.69) is 27.8 Å². The third kappa shape index (κ3) is 4.25. The number of aromatic nitrogens is 2. The minimum absolute atomic E-state index is 0.0239. The summed E-state index contributed by atoms with van der Waals surface area (Å²) in [7, 11) is 0. The largest absolute Gasteiger partial charge is 0.377 e. The molecule has 3 aliphatic rings. The van der Waals surface area contributed by atoms with E-state index in [-0.39, 0.29) is 24.1 Å². The van der Waals surface area contributed by atoms with Crippen molar-refractivity contribution in [3.63, 3.8) is 0 Å². The summed E-state index contributed by atoms with van der Waals surface area (Å²) in [5.74, 6) is 1.58. The molecule has 0 aliphatic carbocycles. The second-order valence-corrected chi connectivity index (χ2v) is 8.89. The molecule has 2 fully saturated rings. The Bertz CT molecular complexity index is 1070. The van der Waals surface area contributed by atoms with E-state index in [1.54, 1.807) is 0 Å². The van der Waals surface area contributed by atoms with Gasteiger partial charge in [0.25, 0.3) is 0 Å². The van der Waals surface area contributed by atoms with Gasteiger partial charge in [-0.15, -0.1) is 0 Å². The molecule has 4 heterocycles. The number of morpholine rings is 1. The molecule has 1 aromatic carbocycles. The first-order chi connectivity index (χ1) is 16.5. The van der Waals surface area contributed by atoms with Gasteiger partial charge in [0.2, 0.25) is 0 Å². The zero-order chi connectivity index (χ0) is 23.7. The van der Waals surface area contributed by atoms with Crippen molar-refractivity contribution < 1.29 is 14.3 Å². The van der Waals surface area contributed by atoms with Gasteiger partial charge in [-0.25, -0.2) is 19.6 Å². The van der Waals surface area contributed by atoms with Crippen molar-refractivity contribution >= 4 is 23.6 Å². The Morgan fingerprint density at radius 3 is 2.79 bits per heavy atom. The van der Waals surface area contributed by atoms with Crippen molar-refractivity contribution in [3.05, 3.63) is 35.5 Å². The van der Waals surface area contributed by atoms with Gasteiger partial charge in [0, 0.05) is 43.0 Å². The predicted octanol–water partition coefficient (Wildman–Crippen LogP) is 2.52. The van der Waals surface area contributed by atoms with Gasteiger partial charge in [-0.3, -0.25) is 0 Å². The predicted molar refractivity (Wildman–Crippen MR) is 129 cm³/mol. The normalized spacial score (nSPS) is 21.9. The number of hydrogen-bond acceptors (Lipinski definition) is 6. The number of fused-ring (bicyclic) bond motifs is 3. The van der Waals surface area contributed by atoms with Crippen molar-refractivity contribution in [1.82, 2.24) is 25.5 Å². The number of nitrogens with zero attached hydrogens (tertiary/aromatic N) is 4. The summed E-state index contributed by atoms with van der Waals surface area (Å²) in [6.45, 7) is 7.99. The molecule has 5 rings (SSSR count). The van der Waals surface area contributed by atoms with E-state index in [0.717, 1.165) is 42.0 Å². The third-order valence-corrected chi connectivity index (χ3v) is 6.64. The highest BCUT2D eigenvalue weighted by atomic mass is 16.5. The van der Waals surface area contributed by atoms with Gasteiger partial charge in [-0.1, -0.05) is 0 Å². The summed E-state index contributed by atoms with van der Waals surface area (Å²) >= 11 is 0. The molecular weight excluding hydrogens is 434 g/mol. The topological polar surface area (TPSA) is 112 Å². The summed E-state index contributed by atoms with van der Waals surface area (Å²) in [6, 6.07) is 7.44. The smallest absolute Gasteiger partial charge is 0.319 e. The number of ether oxygens (including phenoxy) is 1. The van der Waals surface area contributed by atoms with E-state index in [9.17, 15) is 9.59 Å². The standard InChI is InChI=1S/C24H31N7O3/c1-3-25-23(32)27-17-6-4-16(5-7-17)21-28-20-18(9-11-31-19(20)8-10-26-24(31)33)22(29-21)30-12-13-34-14-15(30)2/h4-7,15,19H,3,8-14H2,1-2H3,(H,26,33)(H2,25,27,32)/t15-,19?/m0/s1. The van der Waals surface area contributed by atoms with Crippen molar-refractivity contribution in [2.24, 2.45) is 0 Å². The van der Waals surface area contributed by atoms with Crippen LogP contribution in [0.15, 0.2) is 24.3 Å². The van der Waals surface area contributed by atoms with Crippen molar-refractivity contribution in [1.29, 1.82) is 0 Å². The maximum absolute atomic E-state index is 12.5. The molecule has 0 spiro atoms. The number of amides is 4. The molecular formula is C24H31N7O3. The number of nitrogens with one attached hydrogen (secondary N) is 3. The summed E-state index contributed by atoms with van der Waals surface area (Å²) in [5.41, 5.74) is 3.65. The molecule has 3 aliphatic heterocycles. The van der Waals surface area contributed by atoms with Gasteiger partial charge >= 0.3 is 12.1 Å². The number of carbonyl (C=O) groups is 2. The van der Waals surface area contributed by atoms with Crippen LogP contribution in [-0.4, -0.2) is 72.4 Å². The molecule has 4 amide bonds. The Labute approximate surface area is 199 Å². The molecule has 10 heteroatoms. The van der Waals surface area contributed by atoms with Crippen LogP contribution in [0.4, 0.5) is 21.1 Å². The number of carbonyl (C=O) groups excluding carboxylic acids is 2. The first-order valence-corrected chi connectivity index (χ1v) is 12.0. The van der Waals surface area contributed by atoms with E-state index < -0.39 is 0 Å². The molecule has 180 valence electrons. The van der Waals surface area contributed by atoms with Gasteiger partial charge in [0.05, 0.1) is 31.0 Å². The minimum Gasteiger partial charge on any atom is -0.377 e. The maximum Gasteiger partial charge on any atom is 0.319 e. The fourth-order valence-electron chi connectivity index (χ4n) is 4.94. The van der Waals surface area contributed by atoms with E-state index in [1.165, 1.54) is 0 Å². The van der Waals surface area contributed by atoms with Gasteiger partial charge in [-0.2, -0.15) is 0 Å². The highest BCUT2D eigenvalue weighted by Crippen LogP contribution is 2.38. The first kappa shape index (κ1) is 22.4. The van der Waals surface area contributed by atoms with Crippen LogP contribution in [0.3, 0.4) is 0 Å². The van der Waals surface area contributed by atoms with Crippen LogP contribution in [0.2, 0.25) is 0 Å². The van der Waals surface area contributed by atoms with Crippen LogP contribution < -0.4 is 20.9 Å². The van der Waals surface area contributed by atoms with Crippen molar-refractivity contribution in [2.45, 2.75) is 38.8 Å². The number of rotatable bonds is 4. The lowest BCUT2D eigenvalue weighted by Crippen LogP contribution is -2.52. The molecule has 0 radical (unpaired) electrons. The molecule has 34 heavy (non-hydrogen) atoms. The minimum atomic E-state index is -0.237. The Kier molecular flexibility index (Phi) is 6.23. The number of anilines is 2. The summed E-state index contributed by atoms with van der Waals surface area (Å²) in [4.78, 5) is 38.6. The van der Waals surface area contributed by atoms with Gasteiger partial charge in [-0.05, 0) is 51.0 Å². The summed E-state index contributed by atoms with van der Waals surface area (Å²) in [5, 5.41) is 8.49. The molecule has 10 nitrogen and oxygen atoms in total. The number of hydrogen-bond donors (Lipinski definition) is 3. The average molecular weight is 466 g/mol. The SMILES string of the molecule is CCNC(=O)Nc1ccc(-c2nc3c(c(N4CCOC[C@@H]4C)n2)CCN2C(=O)NCCC32)cc1. The number of urea groups is 2. The van der Waals surface area contributed by atoms with Gasteiger partial charge < -0.3 is 30.5 Å². The lowest BCUT2D eigenvalue weighted by Gasteiger charge is -2.42.